The predicted molar refractivity (Wildman–Crippen MR) is 68.1 cm³/mol. The summed E-state index contributed by atoms with van der Waals surface area (Å²) in [4.78, 5) is 10.6. The van der Waals surface area contributed by atoms with Gasteiger partial charge in [-0.15, -0.1) is 12.4 Å². The number of nitrogens with zero attached hydrogens (tertiary/aromatic N) is 3. The second-order valence-corrected chi connectivity index (χ2v) is 4.14. The molecule has 0 bridgehead atoms. The van der Waals surface area contributed by atoms with Crippen molar-refractivity contribution in [3.05, 3.63) is 18.6 Å². The summed E-state index contributed by atoms with van der Waals surface area (Å²) in [5, 5.41) is 3.38. The summed E-state index contributed by atoms with van der Waals surface area (Å²) in [6, 6.07) is 0. The highest BCUT2D eigenvalue weighted by atomic mass is 35.5. The average molecular weight is 243 g/mol. The number of hydrogen-bond donors (Lipinski definition) is 1. The van der Waals surface area contributed by atoms with E-state index in [4.69, 9.17) is 0 Å². The van der Waals surface area contributed by atoms with Crippen molar-refractivity contribution in [3.63, 3.8) is 0 Å². The number of piperidine rings is 1. The third-order valence-electron chi connectivity index (χ3n) is 2.93. The van der Waals surface area contributed by atoms with E-state index in [1.165, 1.54) is 12.8 Å². The van der Waals surface area contributed by atoms with Crippen LogP contribution in [0.3, 0.4) is 0 Å². The predicted octanol–water partition coefficient (Wildman–Crippen LogP) is 1.33. The summed E-state index contributed by atoms with van der Waals surface area (Å²) in [6.07, 6.45) is 7.81. The van der Waals surface area contributed by atoms with Crippen molar-refractivity contribution >= 4 is 18.2 Å². The van der Waals surface area contributed by atoms with Crippen LogP contribution in [0.5, 0.6) is 0 Å². The standard InChI is InChI=1S/C11H18N4.ClH/c1-15(11-8-13-6-7-14-11)9-10-2-4-12-5-3-10;/h6-8,10,12H,2-5,9H2,1H3;1H. The first-order valence-corrected chi connectivity index (χ1v) is 5.54. The molecule has 5 heteroatoms. The van der Waals surface area contributed by atoms with Crippen LogP contribution in [0.25, 0.3) is 0 Å². The molecule has 2 rings (SSSR count). The monoisotopic (exact) mass is 242 g/mol. The lowest BCUT2D eigenvalue weighted by Gasteiger charge is -2.27. The Labute approximate surface area is 103 Å². The lowest BCUT2D eigenvalue weighted by atomic mass is 9.98. The number of hydrogen-bond acceptors (Lipinski definition) is 4. The largest absolute Gasteiger partial charge is 0.358 e. The molecule has 90 valence electrons. The molecule has 1 aliphatic rings. The molecule has 0 amide bonds. The van der Waals surface area contributed by atoms with Crippen molar-refractivity contribution < 1.29 is 0 Å². The fraction of sp³-hybridized carbons (Fsp3) is 0.636. The van der Waals surface area contributed by atoms with E-state index in [9.17, 15) is 0 Å². The van der Waals surface area contributed by atoms with E-state index in [1.54, 1.807) is 12.4 Å². The molecule has 1 aromatic heterocycles. The smallest absolute Gasteiger partial charge is 0.146 e. The van der Waals surface area contributed by atoms with Crippen LogP contribution >= 0.6 is 12.4 Å². The number of anilines is 1. The molecule has 1 saturated heterocycles. The summed E-state index contributed by atoms with van der Waals surface area (Å²) in [5.41, 5.74) is 0. The van der Waals surface area contributed by atoms with E-state index in [2.05, 4.69) is 27.2 Å². The first-order chi connectivity index (χ1) is 7.36. The van der Waals surface area contributed by atoms with Crippen molar-refractivity contribution in [2.24, 2.45) is 5.92 Å². The van der Waals surface area contributed by atoms with Crippen molar-refractivity contribution in [1.82, 2.24) is 15.3 Å². The van der Waals surface area contributed by atoms with Crippen LogP contribution in [0.15, 0.2) is 18.6 Å². The van der Waals surface area contributed by atoms with Crippen LogP contribution in [-0.4, -0.2) is 36.6 Å². The van der Waals surface area contributed by atoms with Gasteiger partial charge in [-0.1, -0.05) is 0 Å². The molecule has 1 N–H and O–H groups in total. The van der Waals surface area contributed by atoms with Crippen molar-refractivity contribution in [2.45, 2.75) is 12.8 Å². The van der Waals surface area contributed by atoms with Gasteiger partial charge in [0, 0.05) is 26.0 Å². The van der Waals surface area contributed by atoms with Crippen molar-refractivity contribution in [2.75, 3.05) is 31.6 Å². The van der Waals surface area contributed by atoms with E-state index in [0.717, 1.165) is 31.4 Å². The van der Waals surface area contributed by atoms with Crippen LogP contribution in [0, 0.1) is 5.92 Å². The summed E-state index contributed by atoms with van der Waals surface area (Å²) in [6.45, 7) is 3.39. The molecular weight excluding hydrogens is 224 g/mol. The van der Waals surface area contributed by atoms with Gasteiger partial charge in [-0.2, -0.15) is 0 Å². The molecule has 0 atom stereocenters. The quantitative estimate of drug-likeness (QED) is 0.869. The van der Waals surface area contributed by atoms with Gasteiger partial charge in [-0.25, -0.2) is 4.98 Å². The van der Waals surface area contributed by atoms with Crippen LogP contribution in [0.1, 0.15) is 12.8 Å². The van der Waals surface area contributed by atoms with Gasteiger partial charge < -0.3 is 10.2 Å². The van der Waals surface area contributed by atoms with E-state index in [1.807, 2.05) is 6.20 Å². The SMILES string of the molecule is CN(CC1CCNCC1)c1cnccn1.Cl. The molecule has 1 aromatic rings. The summed E-state index contributed by atoms with van der Waals surface area (Å²) in [7, 11) is 2.09. The van der Waals surface area contributed by atoms with Gasteiger partial charge in [0.15, 0.2) is 0 Å². The summed E-state index contributed by atoms with van der Waals surface area (Å²) < 4.78 is 0. The van der Waals surface area contributed by atoms with Crippen molar-refractivity contribution in [3.8, 4) is 0 Å². The number of halogens is 1. The first kappa shape index (κ1) is 13.2. The Balaban J connectivity index is 0.00000128. The second-order valence-electron chi connectivity index (χ2n) is 4.14. The maximum atomic E-state index is 4.29. The zero-order chi connectivity index (χ0) is 10.5. The lowest BCUT2D eigenvalue weighted by Crippen LogP contribution is -2.34. The number of rotatable bonds is 3. The Bertz CT molecular complexity index is 287. The Morgan fingerprint density at radius 1 is 1.38 bits per heavy atom. The van der Waals surface area contributed by atoms with Gasteiger partial charge in [-0.3, -0.25) is 4.98 Å². The molecule has 4 nitrogen and oxygen atoms in total. The molecule has 0 radical (unpaired) electrons. The van der Waals surface area contributed by atoms with E-state index in [-0.39, 0.29) is 12.4 Å². The summed E-state index contributed by atoms with van der Waals surface area (Å²) >= 11 is 0. The van der Waals surface area contributed by atoms with Gasteiger partial charge in [0.25, 0.3) is 0 Å². The van der Waals surface area contributed by atoms with Gasteiger partial charge in [-0.05, 0) is 31.8 Å². The molecule has 0 spiro atoms. The second kappa shape index (κ2) is 6.66. The molecule has 0 unspecified atom stereocenters. The minimum Gasteiger partial charge on any atom is -0.358 e. The van der Waals surface area contributed by atoms with Crippen LogP contribution in [0.4, 0.5) is 5.82 Å². The number of nitrogens with one attached hydrogen (secondary N) is 1. The maximum absolute atomic E-state index is 4.29. The molecule has 0 aromatic carbocycles. The van der Waals surface area contributed by atoms with Crippen LogP contribution in [-0.2, 0) is 0 Å². The third kappa shape index (κ3) is 3.61. The minimum absolute atomic E-state index is 0. The molecule has 1 fully saturated rings. The molecule has 0 saturated carbocycles. The zero-order valence-electron chi connectivity index (χ0n) is 9.59. The van der Waals surface area contributed by atoms with Gasteiger partial charge in [0.2, 0.25) is 0 Å². The highest BCUT2D eigenvalue weighted by molar-refractivity contribution is 5.85. The molecule has 1 aliphatic heterocycles. The topological polar surface area (TPSA) is 41.0 Å². The average Bonchev–Trinajstić information content (AvgIpc) is 2.31. The fourth-order valence-electron chi connectivity index (χ4n) is 2.03. The lowest BCUT2D eigenvalue weighted by molar-refractivity contribution is 0.377. The minimum atomic E-state index is 0. The Kier molecular flexibility index (Phi) is 5.49. The summed E-state index contributed by atoms with van der Waals surface area (Å²) in [5.74, 6) is 1.76. The normalized spacial score (nSPS) is 16.6. The van der Waals surface area contributed by atoms with E-state index in [0.29, 0.717) is 0 Å². The fourth-order valence-corrected chi connectivity index (χ4v) is 2.03. The van der Waals surface area contributed by atoms with Crippen LogP contribution < -0.4 is 10.2 Å². The van der Waals surface area contributed by atoms with Gasteiger partial charge in [0.1, 0.15) is 5.82 Å². The molecule has 2 heterocycles. The van der Waals surface area contributed by atoms with Crippen molar-refractivity contribution in [1.29, 1.82) is 0 Å². The third-order valence-corrected chi connectivity index (χ3v) is 2.93. The maximum Gasteiger partial charge on any atom is 0.146 e. The van der Waals surface area contributed by atoms with Gasteiger partial charge in [0.05, 0.1) is 6.20 Å². The Morgan fingerprint density at radius 2 is 2.12 bits per heavy atom. The molecule has 0 aliphatic carbocycles. The number of aromatic nitrogens is 2. The van der Waals surface area contributed by atoms with E-state index >= 15 is 0 Å². The zero-order valence-corrected chi connectivity index (χ0v) is 10.4. The first-order valence-electron chi connectivity index (χ1n) is 5.54. The highest BCUT2D eigenvalue weighted by Crippen LogP contribution is 2.15. The molecule has 16 heavy (non-hydrogen) atoms. The molecular formula is C11H19ClN4. The van der Waals surface area contributed by atoms with Crippen LogP contribution in [0.2, 0.25) is 0 Å². The van der Waals surface area contributed by atoms with E-state index < -0.39 is 0 Å². The Hall–Kier alpha value is -0.870. The Morgan fingerprint density at radius 3 is 2.75 bits per heavy atom. The van der Waals surface area contributed by atoms with Gasteiger partial charge >= 0.3 is 0 Å². The highest BCUT2D eigenvalue weighted by Gasteiger charge is 2.15.